The Balaban J connectivity index is 1.79. The molecule has 5 nitrogen and oxygen atoms in total. The van der Waals surface area contributed by atoms with Crippen LogP contribution in [-0.4, -0.2) is 16.0 Å². The van der Waals surface area contributed by atoms with Gasteiger partial charge in [0.05, 0.1) is 0 Å². The van der Waals surface area contributed by atoms with Crippen molar-refractivity contribution in [1.29, 1.82) is 0 Å². The Hall–Kier alpha value is -2.00. The third-order valence-electron chi connectivity index (χ3n) is 3.63. The number of hydrogen-bond donors (Lipinski definition) is 2. The molecule has 0 aliphatic rings. The van der Waals surface area contributed by atoms with Crippen LogP contribution in [0.2, 0.25) is 0 Å². The van der Waals surface area contributed by atoms with Crippen LogP contribution in [0.1, 0.15) is 20.8 Å². The lowest BCUT2D eigenvalue weighted by Gasteiger charge is -2.18. The number of carbonyl (C=O) groups excluding carboxylic acids is 1. The predicted octanol–water partition coefficient (Wildman–Crippen LogP) is 4.96. The second-order valence-corrected chi connectivity index (χ2v) is 8.52. The highest BCUT2D eigenvalue weighted by molar-refractivity contribution is 14.1. The zero-order chi connectivity index (χ0) is 18.9. The van der Waals surface area contributed by atoms with Crippen molar-refractivity contribution in [2.45, 2.75) is 20.8 Å². The minimum atomic E-state index is -0.510. The van der Waals surface area contributed by atoms with Crippen LogP contribution in [-0.2, 0) is 4.79 Å². The first-order valence-electron chi connectivity index (χ1n) is 8.01. The lowest BCUT2D eigenvalue weighted by Crippen LogP contribution is -2.41. The van der Waals surface area contributed by atoms with Crippen molar-refractivity contribution in [2.24, 2.45) is 5.41 Å². The number of carbonyl (C=O) groups is 1. The van der Waals surface area contributed by atoms with Gasteiger partial charge in [-0.15, -0.1) is 0 Å². The number of rotatable bonds is 2. The fourth-order valence-electron chi connectivity index (χ4n) is 2.20. The van der Waals surface area contributed by atoms with Gasteiger partial charge >= 0.3 is 0 Å². The number of hydrogen-bond acceptors (Lipinski definition) is 4. The molecule has 0 fully saturated rings. The molecule has 2 N–H and O–H groups in total. The van der Waals surface area contributed by atoms with Crippen molar-refractivity contribution in [1.82, 2.24) is 10.3 Å². The standard InChI is InChI=1S/C19H18IN3O2S/c1-19(2,3)17(24)23-18(26)21-13-7-8-15-14(10-13)22-16(25-15)11-5-4-6-12(20)9-11/h4-10H,1-3H3,(H2,21,23,24,26). The van der Waals surface area contributed by atoms with E-state index in [-0.39, 0.29) is 11.0 Å². The molecular weight excluding hydrogens is 461 g/mol. The summed E-state index contributed by atoms with van der Waals surface area (Å²) in [6.45, 7) is 5.50. The molecule has 7 heteroatoms. The van der Waals surface area contributed by atoms with Gasteiger partial charge in [-0.3, -0.25) is 4.79 Å². The fourth-order valence-corrected chi connectivity index (χ4v) is 2.96. The summed E-state index contributed by atoms with van der Waals surface area (Å²) < 4.78 is 6.95. The topological polar surface area (TPSA) is 67.2 Å². The Morgan fingerprint density at radius 2 is 1.96 bits per heavy atom. The second-order valence-electron chi connectivity index (χ2n) is 6.87. The van der Waals surface area contributed by atoms with Gasteiger partial charge in [0.1, 0.15) is 5.52 Å². The van der Waals surface area contributed by atoms with E-state index >= 15 is 0 Å². The van der Waals surface area contributed by atoms with Crippen molar-refractivity contribution in [3.63, 3.8) is 0 Å². The molecule has 0 aliphatic heterocycles. The number of benzene rings is 2. The van der Waals surface area contributed by atoms with Crippen LogP contribution in [0.4, 0.5) is 5.69 Å². The minimum absolute atomic E-state index is 0.140. The van der Waals surface area contributed by atoms with E-state index < -0.39 is 5.41 Å². The van der Waals surface area contributed by atoms with Crippen molar-refractivity contribution < 1.29 is 9.21 Å². The van der Waals surface area contributed by atoms with E-state index in [4.69, 9.17) is 16.6 Å². The normalized spacial score (nSPS) is 11.4. The molecule has 1 amide bonds. The van der Waals surface area contributed by atoms with E-state index in [1.54, 1.807) is 0 Å². The summed E-state index contributed by atoms with van der Waals surface area (Å²) in [6, 6.07) is 13.5. The Bertz CT molecular complexity index is 992. The van der Waals surface area contributed by atoms with Crippen LogP contribution in [0.25, 0.3) is 22.6 Å². The third kappa shape index (κ3) is 4.39. The van der Waals surface area contributed by atoms with Crippen LogP contribution in [0.5, 0.6) is 0 Å². The van der Waals surface area contributed by atoms with E-state index in [2.05, 4.69) is 38.2 Å². The van der Waals surface area contributed by atoms with Crippen LogP contribution < -0.4 is 10.6 Å². The summed E-state index contributed by atoms with van der Waals surface area (Å²) in [5.41, 5.74) is 2.56. The second kappa shape index (κ2) is 7.32. The zero-order valence-corrected chi connectivity index (χ0v) is 17.6. The predicted molar refractivity (Wildman–Crippen MR) is 116 cm³/mol. The molecule has 0 spiro atoms. The minimum Gasteiger partial charge on any atom is -0.436 e. The molecule has 26 heavy (non-hydrogen) atoms. The first-order chi connectivity index (χ1) is 12.2. The zero-order valence-electron chi connectivity index (χ0n) is 14.6. The quantitative estimate of drug-likeness (QED) is 0.402. The molecular formula is C19H18IN3O2S. The molecule has 0 atom stereocenters. The van der Waals surface area contributed by atoms with Gasteiger partial charge in [0.25, 0.3) is 0 Å². The van der Waals surface area contributed by atoms with Crippen LogP contribution >= 0.6 is 34.8 Å². The molecule has 3 rings (SSSR count). The Morgan fingerprint density at radius 1 is 1.19 bits per heavy atom. The van der Waals surface area contributed by atoms with Crippen molar-refractivity contribution in [2.75, 3.05) is 5.32 Å². The van der Waals surface area contributed by atoms with Crippen LogP contribution in [0.3, 0.4) is 0 Å². The number of thiocarbonyl (C=S) groups is 1. The van der Waals surface area contributed by atoms with Crippen molar-refractivity contribution in [3.05, 3.63) is 46.0 Å². The average molecular weight is 479 g/mol. The molecule has 2 aromatic carbocycles. The SMILES string of the molecule is CC(C)(C)C(=O)NC(=S)Nc1ccc2oc(-c3cccc(I)c3)nc2c1. The average Bonchev–Trinajstić information content (AvgIpc) is 2.97. The number of halogens is 1. The number of amides is 1. The molecule has 0 radical (unpaired) electrons. The van der Waals surface area contributed by atoms with E-state index in [9.17, 15) is 4.79 Å². The summed E-state index contributed by atoms with van der Waals surface area (Å²) in [4.78, 5) is 16.6. The maximum atomic E-state index is 12.0. The molecule has 3 aromatic rings. The summed E-state index contributed by atoms with van der Waals surface area (Å²) in [7, 11) is 0. The Morgan fingerprint density at radius 3 is 2.65 bits per heavy atom. The molecule has 0 saturated carbocycles. The molecule has 0 aliphatic carbocycles. The van der Waals surface area contributed by atoms with Crippen LogP contribution in [0.15, 0.2) is 46.9 Å². The fraction of sp³-hybridized carbons (Fsp3) is 0.211. The van der Waals surface area contributed by atoms with Gasteiger partial charge in [0.2, 0.25) is 11.8 Å². The number of aromatic nitrogens is 1. The number of fused-ring (bicyclic) bond motifs is 1. The van der Waals surface area contributed by atoms with Crippen LogP contribution in [0, 0.1) is 8.99 Å². The number of oxazole rings is 1. The molecule has 0 bridgehead atoms. The smallest absolute Gasteiger partial charge is 0.231 e. The van der Waals surface area contributed by atoms with Gasteiger partial charge in [-0.2, -0.15) is 0 Å². The molecule has 134 valence electrons. The van der Waals surface area contributed by atoms with E-state index in [1.165, 1.54) is 0 Å². The first-order valence-corrected chi connectivity index (χ1v) is 9.50. The lowest BCUT2D eigenvalue weighted by molar-refractivity contribution is -0.126. The van der Waals surface area contributed by atoms with E-state index in [0.717, 1.165) is 14.8 Å². The molecule has 1 aromatic heterocycles. The van der Waals surface area contributed by atoms with Gasteiger partial charge in [0, 0.05) is 20.2 Å². The van der Waals surface area contributed by atoms with Gasteiger partial charge in [-0.1, -0.05) is 26.8 Å². The summed E-state index contributed by atoms with van der Waals surface area (Å²) in [5, 5.41) is 5.96. The van der Waals surface area contributed by atoms with Gasteiger partial charge in [-0.25, -0.2) is 4.98 Å². The highest BCUT2D eigenvalue weighted by atomic mass is 127. The van der Waals surface area contributed by atoms with E-state index in [0.29, 0.717) is 17.0 Å². The van der Waals surface area contributed by atoms with E-state index in [1.807, 2.05) is 63.2 Å². The maximum absolute atomic E-state index is 12.0. The highest BCUT2D eigenvalue weighted by Crippen LogP contribution is 2.27. The van der Waals surface area contributed by atoms with Gasteiger partial charge in [-0.05, 0) is 71.2 Å². The van der Waals surface area contributed by atoms with Crippen molar-refractivity contribution >= 4 is 62.6 Å². The number of nitrogens with one attached hydrogen (secondary N) is 2. The largest absolute Gasteiger partial charge is 0.436 e. The summed E-state index contributed by atoms with van der Waals surface area (Å²) in [5.74, 6) is 0.428. The van der Waals surface area contributed by atoms with Gasteiger partial charge in [0.15, 0.2) is 10.7 Å². The monoisotopic (exact) mass is 479 g/mol. The molecule has 1 heterocycles. The number of nitrogens with zero attached hydrogens (tertiary/aromatic N) is 1. The third-order valence-corrected chi connectivity index (χ3v) is 4.50. The summed E-state index contributed by atoms with van der Waals surface area (Å²) in [6.07, 6.45) is 0. The first kappa shape index (κ1) is 18.8. The highest BCUT2D eigenvalue weighted by Gasteiger charge is 2.22. The van der Waals surface area contributed by atoms with Gasteiger partial charge < -0.3 is 15.1 Å². The maximum Gasteiger partial charge on any atom is 0.231 e. The lowest BCUT2D eigenvalue weighted by atomic mass is 9.96. The van der Waals surface area contributed by atoms with Crippen molar-refractivity contribution in [3.8, 4) is 11.5 Å². The molecule has 0 saturated heterocycles. The molecule has 0 unspecified atom stereocenters. The summed E-state index contributed by atoms with van der Waals surface area (Å²) >= 11 is 7.47. The Labute approximate surface area is 170 Å². The number of anilines is 1. The Kier molecular flexibility index (Phi) is 5.29.